The lowest BCUT2D eigenvalue weighted by Crippen LogP contribution is -2.03. The number of halogens is 1. The van der Waals surface area contributed by atoms with Gasteiger partial charge >= 0.3 is 0 Å². The minimum absolute atomic E-state index is 0.151. The highest BCUT2D eigenvalue weighted by Gasteiger charge is 2.16. The van der Waals surface area contributed by atoms with Gasteiger partial charge < -0.3 is 0 Å². The summed E-state index contributed by atoms with van der Waals surface area (Å²) in [6.07, 6.45) is 3.03. The van der Waals surface area contributed by atoms with Gasteiger partial charge in [-0.1, -0.05) is 35.0 Å². The van der Waals surface area contributed by atoms with Crippen molar-refractivity contribution in [2.45, 2.75) is 30.0 Å². The molecule has 1 nitrogen and oxygen atoms in total. The third-order valence-corrected chi connectivity index (χ3v) is 4.28. The third-order valence-electron chi connectivity index (χ3n) is 2.33. The Hall–Kier alpha value is -0.280. The topological polar surface area (TPSA) is 17.1 Å². The zero-order chi connectivity index (χ0) is 11.4. The molecule has 0 aromatic heterocycles. The van der Waals surface area contributed by atoms with Crippen LogP contribution in [0.5, 0.6) is 0 Å². The SMILES string of the molecule is CCc1ccc(SC)c(C(Br)C(C)=O)c1. The first-order valence-electron chi connectivity index (χ1n) is 4.91. The predicted molar refractivity (Wildman–Crippen MR) is 70.0 cm³/mol. The van der Waals surface area contributed by atoms with Gasteiger partial charge in [-0.25, -0.2) is 0 Å². The van der Waals surface area contributed by atoms with Crippen molar-refractivity contribution in [3.8, 4) is 0 Å². The van der Waals surface area contributed by atoms with Gasteiger partial charge in [0.1, 0.15) is 5.78 Å². The van der Waals surface area contributed by atoms with Crippen molar-refractivity contribution in [3.05, 3.63) is 29.3 Å². The minimum Gasteiger partial charge on any atom is -0.298 e. The first kappa shape index (κ1) is 12.8. The van der Waals surface area contributed by atoms with Crippen LogP contribution in [0.3, 0.4) is 0 Å². The first-order chi connectivity index (χ1) is 7.10. The zero-order valence-corrected chi connectivity index (χ0v) is 11.6. The van der Waals surface area contributed by atoms with Crippen molar-refractivity contribution in [2.75, 3.05) is 6.26 Å². The van der Waals surface area contributed by atoms with Crippen LogP contribution in [0.1, 0.15) is 29.8 Å². The Labute approximate surface area is 104 Å². The molecule has 0 heterocycles. The molecule has 0 spiro atoms. The van der Waals surface area contributed by atoms with E-state index in [9.17, 15) is 4.79 Å². The fourth-order valence-corrected chi connectivity index (χ4v) is 2.57. The fraction of sp³-hybridized carbons (Fsp3) is 0.417. The summed E-state index contributed by atoms with van der Waals surface area (Å²) in [7, 11) is 0. The van der Waals surface area contributed by atoms with E-state index in [4.69, 9.17) is 0 Å². The number of Topliss-reactive ketones (excluding diaryl/α,β-unsaturated/α-hetero) is 1. The maximum absolute atomic E-state index is 11.4. The van der Waals surface area contributed by atoms with E-state index >= 15 is 0 Å². The molecule has 1 rings (SSSR count). The lowest BCUT2D eigenvalue weighted by molar-refractivity contribution is -0.116. The normalized spacial score (nSPS) is 12.5. The van der Waals surface area contributed by atoms with Crippen molar-refractivity contribution < 1.29 is 4.79 Å². The molecule has 82 valence electrons. The molecule has 0 aliphatic carbocycles. The van der Waals surface area contributed by atoms with E-state index < -0.39 is 0 Å². The van der Waals surface area contributed by atoms with Gasteiger partial charge in [-0.2, -0.15) is 0 Å². The van der Waals surface area contributed by atoms with Crippen LogP contribution in [0.25, 0.3) is 0 Å². The number of carbonyl (C=O) groups excluding carboxylic acids is 1. The van der Waals surface area contributed by atoms with E-state index in [1.54, 1.807) is 18.7 Å². The molecule has 0 N–H and O–H groups in total. The van der Waals surface area contributed by atoms with E-state index in [1.807, 2.05) is 6.26 Å². The molecule has 1 atom stereocenters. The summed E-state index contributed by atoms with van der Waals surface area (Å²) < 4.78 is 0. The van der Waals surface area contributed by atoms with Crippen LogP contribution >= 0.6 is 27.7 Å². The van der Waals surface area contributed by atoms with Crippen molar-refractivity contribution in [2.24, 2.45) is 0 Å². The average molecular weight is 287 g/mol. The van der Waals surface area contributed by atoms with Crippen LogP contribution in [-0.4, -0.2) is 12.0 Å². The monoisotopic (exact) mass is 286 g/mol. The van der Waals surface area contributed by atoms with Crippen LogP contribution in [0, 0.1) is 0 Å². The molecule has 0 radical (unpaired) electrons. The molecule has 0 amide bonds. The molecule has 1 aromatic carbocycles. The number of carbonyl (C=O) groups is 1. The number of benzene rings is 1. The lowest BCUT2D eigenvalue weighted by atomic mass is 10.0. The fourth-order valence-electron chi connectivity index (χ4n) is 1.42. The summed E-state index contributed by atoms with van der Waals surface area (Å²) in [6.45, 7) is 3.73. The quantitative estimate of drug-likeness (QED) is 0.615. The van der Waals surface area contributed by atoms with Gasteiger partial charge in [-0.05, 0) is 36.8 Å². The second-order valence-corrected chi connectivity index (χ2v) is 5.17. The molecule has 0 saturated carbocycles. The number of hydrogen-bond donors (Lipinski definition) is 0. The van der Waals surface area contributed by atoms with E-state index in [-0.39, 0.29) is 10.6 Å². The largest absolute Gasteiger partial charge is 0.298 e. The summed E-state index contributed by atoms with van der Waals surface area (Å²) in [5, 5.41) is 0. The zero-order valence-electron chi connectivity index (χ0n) is 9.21. The standard InChI is InChI=1S/C12H15BrOS/c1-4-9-5-6-11(15-3)10(7-9)12(13)8(2)14/h5-7,12H,4H2,1-3H3. The summed E-state index contributed by atoms with van der Waals surface area (Å²) in [6, 6.07) is 6.33. The average Bonchev–Trinajstić information content (AvgIpc) is 2.27. The van der Waals surface area contributed by atoms with Gasteiger partial charge in [0.2, 0.25) is 0 Å². The van der Waals surface area contributed by atoms with Crippen molar-refractivity contribution in [1.29, 1.82) is 0 Å². The molecule has 1 aromatic rings. The Morgan fingerprint density at radius 2 is 2.20 bits per heavy atom. The van der Waals surface area contributed by atoms with E-state index in [0.717, 1.165) is 12.0 Å². The Morgan fingerprint density at radius 1 is 1.53 bits per heavy atom. The van der Waals surface area contributed by atoms with Crippen LogP contribution in [0.15, 0.2) is 23.1 Å². The van der Waals surface area contributed by atoms with Gasteiger partial charge in [-0.15, -0.1) is 11.8 Å². The van der Waals surface area contributed by atoms with Crippen LogP contribution in [0.2, 0.25) is 0 Å². The maximum atomic E-state index is 11.4. The molecule has 0 saturated heterocycles. The molecule has 15 heavy (non-hydrogen) atoms. The molecule has 0 aliphatic heterocycles. The van der Waals surface area contributed by atoms with Crippen molar-refractivity contribution in [3.63, 3.8) is 0 Å². The van der Waals surface area contributed by atoms with Gasteiger partial charge in [0.05, 0.1) is 4.83 Å². The van der Waals surface area contributed by atoms with Crippen molar-refractivity contribution in [1.82, 2.24) is 0 Å². The van der Waals surface area contributed by atoms with Gasteiger partial charge in [0.25, 0.3) is 0 Å². The number of ketones is 1. The van der Waals surface area contributed by atoms with Crippen molar-refractivity contribution >= 4 is 33.5 Å². The summed E-state index contributed by atoms with van der Waals surface area (Å²) in [4.78, 5) is 12.4. The van der Waals surface area contributed by atoms with Crippen LogP contribution < -0.4 is 0 Å². The van der Waals surface area contributed by atoms with Gasteiger partial charge in [0.15, 0.2) is 0 Å². The molecule has 3 heteroatoms. The summed E-state index contributed by atoms with van der Waals surface area (Å²) in [5.41, 5.74) is 2.36. The second kappa shape index (κ2) is 5.71. The maximum Gasteiger partial charge on any atom is 0.147 e. The molecular weight excluding hydrogens is 272 g/mol. The molecule has 0 aliphatic rings. The van der Waals surface area contributed by atoms with E-state index in [1.165, 1.54) is 10.5 Å². The third kappa shape index (κ3) is 3.08. The number of aryl methyl sites for hydroxylation is 1. The first-order valence-corrected chi connectivity index (χ1v) is 7.05. The highest BCUT2D eigenvalue weighted by Crippen LogP contribution is 2.32. The Kier molecular flexibility index (Phi) is 4.87. The Bertz CT molecular complexity index is 363. The molecule has 0 bridgehead atoms. The van der Waals surface area contributed by atoms with Gasteiger partial charge in [0, 0.05) is 4.90 Å². The molecule has 1 unspecified atom stereocenters. The minimum atomic E-state index is -0.175. The number of rotatable bonds is 4. The summed E-state index contributed by atoms with van der Waals surface area (Å²) >= 11 is 5.12. The van der Waals surface area contributed by atoms with Crippen LogP contribution in [-0.2, 0) is 11.2 Å². The molecular formula is C12H15BrOS. The van der Waals surface area contributed by atoms with E-state index in [2.05, 4.69) is 41.1 Å². The second-order valence-electron chi connectivity index (χ2n) is 3.40. The number of hydrogen-bond acceptors (Lipinski definition) is 2. The number of thioether (sulfide) groups is 1. The van der Waals surface area contributed by atoms with E-state index in [0.29, 0.717) is 0 Å². The van der Waals surface area contributed by atoms with Crippen LogP contribution in [0.4, 0.5) is 0 Å². The van der Waals surface area contributed by atoms with Gasteiger partial charge in [-0.3, -0.25) is 4.79 Å². The Morgan fingerprint density at radius 3 is 2.67 bits per heavy atom. The lowest BCUT2D eigenvalue weighted by Gasteiger charge is -2.12. The highest BCUT2D eigenvalue weighted by molar-refractivity contribution is 9.09. The highest BCUT2D eigenvalue weighted by atomic mass is 79.9. The molecule has 0 fully saturated rings. The smallest absolute Gasteiger partial charge is 0.147 e. The Balaban J connectivity index is 3.16. The predicted octanol–water partition coefficient (Wildman–Crippen LogP) is 4.00. The number of alkyl halides is 1. The summed E-state index contributed by atoms with van der Waals surface area (Å²) in [5.74, 6) is 0.151.